The van der Waals surface area contributed by atoms with Crippen molar-refractivity contribution >= 4 is 15.9 Å². The Hall–Kier alpha value is -1.18. The Morgan fingerprint density at radius 3 is 2.85 bits per heavy atom. The van der Waals surface area contributed by atoms with Crippen LogP contribution in [-0.2, 0) is 18.3 Å². The third kappa shape index (κ3) is 3.11. The number of hydrogen-bond donors (Lipinski definition) is 1. The number of methoxy groups -OCH3 is 1. The van der Waals surface area contributed by atoms with Crippen molar-refractivity contribution in [2.75, 3.05) is 20.3 Å². The molecule has 0 spiro atoms. The molecule has 0 fully saturated rings. The fourth-order valence-electron chi connectivity index (χ4n) is 2.21. The van der Waals surface area contributed by atoms with Crippen LogP contribution in [0.2, 0.25) is 0 Å². The lowest BCUT2D eigenvalue weighted by Gasteiger charge is -2.20. The van der Waals surface area contributed by atoms with Crippen LogP contribution in [0.5, 0.6) is 0 Å². The summed E-state index contributed by atoms with van der Waals surface area (Å²) in [6, 6.07) is 0.0428. The van der Waals surface area contributed by atoms with Gasteiger partial charge in [0.15, 0.2) is 0 Å². The van der Waals surface area contributed by atoms with Gasteiger partial charge in [0.1, 0.15) is 0 Å². The molecule has 0 amide bonds. The molecule has 2 heterocycles. The summed E-state index contributed by atoms with van der Waals surface area (Å²) >= 11 is 3.60. The maximum absolute atomic E-state index is 5.15. The van der Waals surface area contributed by atoms with E-state index in [9.17, 15) is 0 Å². The summed E-state index contributed by atoms with van der Waals surface area (Å²) in [6.45, 7) is 4.30. The van der Waals surface area contributed by atoms with Crippen LogP contribution in [0, 0.1) is 0 Å². The average molecular weight is 342 g/mol. The zero-order valence-electron chi connectivity index (χ0n) is 12.0. The van der Waals surface area contributed by atoms with E-state index in [4.69, 9.17) is 4.74 Å². The van der Waals surface area contributed by atoms with Crippen LogP contribution in [0.4, 0.5) is 0 Å². The van der Waals surface area contributed by atoms with E-state index >= 15 is 0 Å². The molecular formula is C13H20BrN5O. The van der Waals surface area contributed by atoms with Gasteiger partial charge in [0.25, 0.3) is 0 Å². The highest BCUT2D eigenvalue weighted by atomic mass is 79.9. The Kier molecular flexibility index (Phi) is 5.33. The smallest absolute Gasteiger partial charge is 0.0946 e. The first-order valence-electron chi connectivity index (χ1n) is 6.58. The molecule has 20 heavy (non-hydrogen) atoms. The van der Waals surface area contributed by atoms with Crippen LogP contribution in [-0.4, -0.2) is 39.6 Å². The van der Waals surface area contributed by atoms with E-state index < -0.39 is 0 Å². The zero-order chi connectivity index (χ0) is 14.5. The van der Waals surface area contributed by atoms with Gasteiger partial charge in [-0.2, -0.15) is 5.10 Å². The summed E-state index contributed by atoms with van der Waals surface area (Å²) in [5, 5.41) is 7.91. The van der Waals surface area contributed by atoms with Gasteiger partial charge in [0.2, 0.25) is 0 Å². The van der Waals surface area contributed by atoms with E-state index in [1.54, 1.807) is 7.11 Å². The van der Waals surface area contributed by atoms with Gasteiger partial charge >= 0.3 is 0 Å². The lowest BCUT2D eigenvalue weighted by molar-refractivity contribution is 0.182. The summed E-state index contributed by atoms with van der Waals surface area (Å²) in [5.41, 5.74) is 2.19. The molecule has 0 aliphatic rings. The maximum Gasteiger partial charge on any atom is 0.0946 e. The maximum atomic E-state index is 5.15. The van der Waals surface area contributed by atoms with Crippen molar-refractivity contribution < 1.29 is 4.74 Å². The van der Waals surface area contributed by atoms with Crippen LogP contribution in [0.1, 0.15) is 24.4 Å². The second-order valence-corrected chi connectivity index (χ2v) is 5.37. The van der Waals surface area contributed by atoms with Gasteiger partial charge < -0.3 is 14.6 Å². The molecule has 2 aromatic heterocycles. The van der Waals surface area contributed by atoms with E-state index in [1.165, 1.54) is 0 Å². The molecule has 2 aromatic rings. The molecule has 0 radical (unpaired) electrons. The number of imidazole rings is 1. The van der Waals surface area contributed by atoms with E-state index in [0.717, 1.165) is 29.0 Å². The van der Waals surface area contributed by atoms with Crippen LogP contribution in [0.3, 0.4) is 0 Å². The van der Waals surface area contributed by atoms with Crippen LogP contribution in [0.25, 0.3) is 0 Å². The van der Waals surface area contributed by atoms with E-state index in [-0.39, 0.29) is 6.04 Å². The summed E-state index contributed by atoms with van der Waals surface area (Å²) < 4.78 is 10.1. The normalized spacial score (nSPS) is 12.8. The third-order valence-corrected chi connectivity index (χ3v) is 3.78. The second-order valence-electron chi connectivity index (χ2n) is 4.51. The van der Waals surface area contributed by atoms with Crippen molar-refractivity contribution in [1.29, 1.82) is 0 Å². The summed E-state index contributed by atoms with van der Waals surface area (Å²) in [7, 11) is 3.69. The van der Waals surface area contributed by atoms with Gasteiger partial charge in [-0.3, -0.25) is 4.68 Å². The number of rotatable bonds is 7. The molecule has 110 valence electrons. The van der Waals surface area contributed by atoms with Crippen molar-refractivity contribution in [1.82, 2.24) is 24.6 Å². The molecule has 6 nitrogen and oxygen atoms in total. The van der Waals surface area contributed by atoms with E-state index in [2.05, 4.69) is 38.3 Å². The van der Waals surface area contributed by atoms with Gasteiger partial charge in [-0.15, -0.1) is 0 Å². The summed E-state index contributed by atoms with van der Waals surface area (Å²) in [6.07, 6.45) is 5.52. The molecule has 0 saturated carbocycles. The molecule has 0 aliphatic heterocycles. The molecule has 1 N–H and O–H groups in total. The number of halogens is 1. The molecule has 1 atom stereocenters. The van der Waals surface area contributed by atoms with Crippen molar-refractivity contribution in [3.8, 4) is 0 Å². The Balaban J connectivity index is 2.39. The highest BCUT2D eigenvalue weighted by Crippen LogP contribution is 2.28. The standard InChI is InChI=1S/C13H20BrN5O/c1-4-16-12(11-8-15-9-18(11)2)13-10(14)7-17-19(13)5-6-20-3/h7-9,12,16H,4-6H2,1-3H3. The Bertz CT molecular complexity index is 551. The van der Waals surface area contributed by atoms with Gasteiger partial charge in [-0.05, 0) is 22.5 Å². The minimum Gasteiger partial charge on any atom is -0.383 e. The number of aromatic nitrogens is 4. The van der Waals surface area contributed by atoms with Gasteiger partial charge in [0.05, 0.1) is 53.8 Å². The van der Waals surface area contributed by atoms with E-state index in [0.29, 0.717) is 6.61 Å². The summed E-state index contributed by atoms with van der Waals surface area (Å²) in [5.74, 6) is 0. The predicted molar refractivity (Wildman–Crippen MR) is 80.5 cm³/mol. The highest BCUT2D eigenvalue weighted by molar-refractivity contribution is 9.10. The van der Waals surface area contributed by atoms with Crippen LogP contribution < -0.4 is 5.32 Å². The number of nitrogens with one attached hydrogen (secondary N) is 1. The minimum absolute atomic E-state index is 0.0428. The van der Waals surface area contributed by atoms with Gasteiger partial charge in [-0.1, -0.05) is 6.92 Å². The predicted octanol–water partition coefficient (Wildman–Crippen LogP) is 1.72. The minimum atomic E-state index is 0.0428. The second kappa shape index (κ2) is 7.01. The van der Waals surface area contributed by atoms with Gasteiger partial charge in [-0.25, -0.2) is 4.98 Å². The first-order valence-corrected chi connectivity index (χ1v) is 7.38. The molecule has 0 aliphatic carbocycles. The van der Waals surface area contributed by atoms with Crippen molar-refractivity contribution in [3.63, 3.8) is 0 Å². The molecule has 7 heteroatoms. The first-order chi connectivity index (χ1) is 9.69. The molecule has 2 rings (SSSR count). The Morgan fingerprint density at radius 1 is 1.45 bits per heavy atom. The third-order valence-electron chi connectivity index (χ3n) is 3.17. The number of hydrogen-bond acceptors (Lipinski definition) is 4. The number of ether oxygens (including phenoxy) is 1. The highest BCUT2D eigenvalue weighted by Gasteiger charge is 2.23. The topological polar surface area (TPSA) is 56.9 Å². The molecule has 1 unspecified atom stereocenters. The lowest BCUT2D eigenvalue weighted by Crippen LogP contribution is -2.27. The molecule has 0 aromatic carbocycles. The zero-order valence-corrected chi connectivity index (χ0v) is 13.6. The average Bonchev–Trinajstić information content (AvgIpc) is 3.01. The fourth-order valence-corrected chi connectivity index (χ4v) is 2.73. The first kappa shape index (κ1) is 15.2. The van der Waals surface area contributed by atoms with Crippen molar-refractivity contribution in [2.45, 2.75) is 19.5 Å². The monoisotopic (exact) mass is 341 g/mol. The number of nitrogens with zero attached hydrogens (tertiary/aromatic N) is 4. The molecule has 0 saturated heterocycles. The largest absolute Gasteiger partial charge is 0.383 e. The van der Waals surface area contributed by atoms with Crippen molar-refractivity contribution in [3.05, 3.63) is 34.6 Å². The fraction of sp³-hybridized carbons (Fsp3) is 0.538. The quantitative estimate of drug-likeness (QED) is 0.833. The Morgan fingerprint density at radius 2 is 2.25 bits per heavy atom. The molecule has 0 bridgehead atoms. The van der Waals surface area contributed by atoms with Crippen LogP contribution >= 0.6 is 15.9 Å². The Labute approximate surface area is 127 Å². The van der Waals surface area contributed by atoms with Crippen LogP contribution in [0.15, 0.2) is 23.2 Å². The summed E-state index contributed by atoms with van der Waals surface area (Å²) in [4.78, 5) is 4.21. The SMILES string of the molecule is CCNC(c1cncn1C)c1c(Br)cnn1CCOC. The lowest BCUT2D eigenvalue weighted by atomic mass is 10.1. The molecular weight excluding hydrogens is 322 g/mol. The number of aryl methyl sites for hydroxylation is 1. The van der Waals surface area contributed by atoms with E-state index in [1.807, 2.05) is 35.0 Å². The van der Waals surface area contributed by atoms with Gasteiger partial charge in [0, 0.05) is 14.2 Å². The van der Waals surface area contributed by atoms with Crippen molar-refractivity contribution in [2.24, 2.45) is 7.05 Å².